The Balaban J connectivity index is 1.99. The SMILES string of the molecule is CCNCc1ccc(OCc2cccc(Cl)c2)c(Br)c1. The third kappa shape index (κ3) is 4.51. The van der Waals surface area contributed by atoms with Gasteiger partial charge in [0.1, 0.15) is 12.4 Å². The Hall–Kier alpha value is -1.03. The van der Waals surface area contributed by atoms with Crippen molar-refractivity contribution in [2.75, 3.05) is 6.54 Å². The highest BCUT2D eigenvalue weighted by molar-refractivity contribution is 9.10. The zero-order chi connectivity index (χ0) is 14.4. The van der Waals surface area contributed by atoms with E-state index in [1.54, 1.807) is 0 Å². The molecule has 0 aliphatic rings. The van der Waals surface area contributed by atoms with E-state index in [9.17, 15) is 0 Å². The van der Waals surface area contributed by atoms with E-state index in [0.29, 0.717) is 6.61 Å². The van der Waals surface area contributed by atoms with Crippen LogP contribution in [0.5, 0.6) is 5.75 Å². The van der Waals surface area contributed by atoms with Gasteiger partial charge in [-0.15, -0.1) is 0 Å². The van der Waals surface area contributed by atoms with Crippen molar-refractivity contribution in [2.24, 2.45) is 0 Å². The molecule has 0 radical (unpaired) electrons. The number of hydrogen-bond acceptors (Lipinski definition) is 2. The Kier molecular flexibility index (Phi) is 5.89. The fourth-order valence-electron chi connectivity index (χ4n) is 1.83. The van der Waals surface area contributed by atoms with Gasteiger partial charge in [0.25, 0.3) is 0 Å². The van der Waals surface area contributed by atoms with Crippen LogP contribution in [0.15, 0.2) is 46.9 Å². The number of halogens is 2. The van der Waals surface area contributed by atoms with E-state index < -0.39 is 0 Å². The predicted octanol–water partition coefficient (Wildman–Crippen LogP) is 4.79. The van der Waals surface area contributed by atoms with Crippen LogP contribution in [0.4, 0.5) is 0 Å². The second-order valence-electron chi connectivity index (χ2n) is 4.46. The van der Waals surface area contributed by atoms with Crippen molar-refractivity contribution in [1.29, 1.82) is 0 Å². The molecule has 2 aromatic rings. The van der Waals surface area contributed by atoms with E-state index in [4.69, 9.17) is 16.3 Å². The summed E-state index contributed by atoms with van der Waals surface area (Å²) >= 11 is 9.50. The minimum absolute atomic E-state index is 0.506. The lowest BCUT2D eigenvalue weighted by Gasteiger charge is -2.10. The average molecular weight is 355 g/mol. The molecule has 0 aliphatic carbocycles. The molecule has 0 unspecified atom stereocenters. The number of hydrogen-bond donors (Lipinski definition) is 1. The van der Waals surface area contributed by atoms with Crippen LogP contribution >= 0.6 is 27.5 Å². The maximum absolute atomic E-state index is 5.96. The van der Waals surface area contributed by atoms with E-state index in [-0.39, 0.29) is 0 Å². The van der Waals surface area contributed by atoms with Gasteiger partial charge in [-0.25, -0.2) is 0 Å². The Morgan fingerprint density at radius 3 is 2.70 bits per heavy atom. The van der Waals surface area contributed by atoms with Gasteiger partial charge in [0.2, 0.25) is 0 Å². The summed E-state index contributed by atoms with van der Waals surface area (Å²) in [7, 11) is 0. The van der Waals surface area contributed by atoms with Crippen LogP contribution in [-0.2, 0) is 13.2 Å². The van der Waals surface area contributed by atoms with Crippen molar-refractivity contribution in [2.45, 2.75) is 20.1 Å². The van der Waals surface area contributed by atoms with Crippen molar-refractivity contribution in [1.82, 2.24) is 5.32 Å². The molecule has 0 aliphatic heterocycles. The molecule has 106 valence electrons. The monoisotopic (exact) mass is 353 g/mol. The Morgan fingerprint density at radius 2 is 2.00 bits per heavy atom. The van der Waals surface area contributed by atoms with E-state index >= 15 is 0 Å². The van der Waals surface area contributed by atoms with Gasteiger partial charge in [0.15, 0.2) is 0 Å². The van der Waals surface area contributed by atoms with Crippen LogP contribution < -0.4 is 10.1 Å². The lowest BCUT2D eigenvalue weighted by Crippen LogP contribution is -2.11. The summed E-state index contributed by atoms with van der Waals surface area (Å²) in [6.45, 7) is 4.43. The van der Waals surface area contributed by atoms with E-state index in [2.05, 4.69) is 40.3 Å². The molecule has 0 aromatic heterocycles. The quantitative estimate of drug-likeness (QED) is 0.805. The highest BCUT2D eigenvalue weighted by Gasteiger charge is 2.03. The number of ether oxygens (including phenoxy) is 1. The Morgan fingerprint density at radius 1 is 1.15 bits per heavy atom. The maximum Gasteiger partial charge on any atom is 0.134 e. The summed E-state index contributed by atoms with van der Waals surface area (Å²) in [6, 6.07) is 13.8. The highest BCUT2D eigenvalue weighted by Crippen LogP contribution is 2.27. The Bertz CT molecular complexity index is 574. The molecular formula is C16H17BrClNO. The first-order valence-corrected chi connectivity index (χ1v) is 7.72. The Labute approximate surface area is 133 Å². The number of nitrogens with one attached hydrogen (secondary N) is 1. The molecule has 0 saturated heterocycles. The summed E-state index contributed by atoms with van der Waals surface area (Å²) in [5.74, 6) is 0.838. The molecule has 1 N–H and O–H groups in total. The summed E-state index contributed by atoms with van der Waals surface area (Å²) in [5, 5.41) is 4.03. The van der Waals surface area contributed by atoms with Crippen molar-refractivity contribution >= 4 is 27.5 Å². The lowest BCUT2D eigenvalue weighted by atomic mass is 10.2. The molecule has 2 rings (SSSR count). The maximum atomic E-state index is 5.96. The van der Waals surface area contributed by atoms with Crippen LogP contribution in [0.25, 0.3) is 0 Å². The van der Waals surface area contributed by atoms with Gasteiger partial charge in [-0.1, -0.05) is 36.7 Å². The van der Waals surface area contributed by atoms with Crippen LogP contribution in [0.2, 0.25) is 5.02 Å². The fraction of sp³-hybridized carbons (Fsp3) is 0.250. The molecule has 20 heavy (non-hydrogen) atoms. The van der Waals surface area contributed by atoms with Gasteiger partial charge in [-0.05, 0) is 57.9 Å². The number of rotatable bonds is 6. The van der Waals surface area contributed by atoms with Gasteiger partial charge < -0.3 is 10.1 Å². The van der Waals surface area contributed by atoms with Gasteiger partial charge in [0, 0.05) is 11.6 Å². The standard InChI is InChI=1S/C16H17BrClNO/c1-2-19-10-12-6-7-16(15(17)9-12)20-11-13-4-3-5-14(18)8-13/h3-9,19H,2,10-11H2,1H3. The van der Waals surface area contributed by atoms with Gasteiger partial charge >= 0.3 is 0 Å². The fourth-order valence-corrected chi connectivity index (χ4v) is 2.58. The normalized spacial score (nSPS) is 10.6. The molecule has 4 heteroatoms. The van der Waals surface area contributed by atoms with Crippen molar-refractivity contribution in [3.8, 4) is 5.75 Å². The van der Waals surface area contributed by atoms with E-state index in [1.165, 1.54) is 5.56 Å². The first-order valence-electron chi connectivity index (χ1n) is 6.55. The minimum atomic E-state index is 0.506. The molecule has 0 saturated carbocycles. The van der Waals surface area contributed by atoms with Crippen LogP contribution in [-0.4, -0.2) is 6.54 Å². The third-order valence-electron chi connectivity index (χ3n) is 2.86. The average Bonchev–Trinajstić information content (AvgIpc) is 2.44. The smallest absolute Gasteiger partial charge is 0.134 e. The third-order valence-corrected chi connectivity index (χ3v) is 3.71. The summed E-state index contributed by atoms with van der Waals surface area (Å²) < 4.78 is 6.78. The second kappa shape index (κ2) is 7.67. The number of benzene rings is 2. The molecule has 0 amide bonds. The van der Waals surface area contributed by atoms with Crippen molar-refractivity contribution in [3.05, 3.63) is 63.1 Å². The highest BCUT2D eigenvalue weighted by atomic mass is 79.9. The summed E-state index contributed by atoms with van der Waals surface area (Å²) in [5.41, 5.74) is 2.29. The first kappa shape index (κ1) is 15.4. The van der Waals surface area contributed by atoms with Crippen molar-refractivity contribution in [3.63, 3.8) is 0 Å². The largest absolute Gasteiger partial charge is 0.488 e. The topological polar surface area (TPSA) is 21.3 Å². The zero-order valence-electron chi connectivity index (χ0n) is 11.3. The predicted molar refractivity (Wildman–Crippen MR) is 87.3 cm³/mol. The molecule has 0 heterocycles. The molecule has 2 aromatic carbocycles. The molecular weight excluding hydrogens is 338 g/mol. The molecule has 0 fully saturated rings. The van der Waals surface area contributed by atoms with Crippen LogP contribution in [0.1, 0.15) is 18.1 Å². The van der Waals surface area contributed by atoms with Gasteiger partial charge in [-0.2, -0.15) is 0 Å². The van der Waals surface area contributed by atoms with E-state index in [0.717, 1.165) is 33.9 Å². The van der Waals surface area contributed by atoms with Gasteiger partial charge in [0.05, 0.1) is 4.47 Å². The van der Waals surface area contributed by atoms with Crippen LogP contribution in [0, 0.1) is 0 Å². The molecule has 0 spiro atoms. The second-order valence-corrected chi connectivity index (χ2v) is 5.75. The summed E-state index contributed by atoms with van der Waals surface area (Å²) in [6.07, 6.45) is 0. The zero-order valence-corrected chi connectivity index (χ0v) is 13.7. The van der Waals surface area contributed by atoms with Crippen LogP contribution in [0.3, 0.4) is 0 Å². The van der Waals surface area contributed by atoms with Gasteiger partial charge in [-0.3, -0.25) is 0 Å². The lowest BCUT2D eigenvalue weighted by molar-refractivity contribution is 0.304. The molecule has 2 nitrogen and oxygen atoms in total. The molecule has 0 bridgehead atoms. The molecule has 0 atom stereocenters. The minimum Gasteiger partial charge on any atom is -0.488 e. The first-order chi connectivity index (χ1) is 9.69. The van der Waals surface area contributed by atoms with E-state index in [1.807, 2.05) is 30.3 Å². The summed E-state index contributed by atoms with van der Waals surface area (Å²) in [4.78, 5) is 0. The van der Waals surface area contributed by atoms with Crippen molar-refractivity contribution < 1.29 is 4.74 Å².